The molecule has 1 fully saturated rings. The van der Waals surface area contributed by atoms with E-state index < -0.39 is 0 Å². The Hall–Kier alpha value is -2.98. The highest BCUT2D eigenvalue weighted by molar-refractivity contribution is 7.98. The van der Waals surface area contributed by atoms with Crippen molar-refractivity contribution in [2.24, 2.45) is 0 Å². The van der Waals surface area contributed by atoms with E-state index in [-0.39, 0.29) is 17.8 Å². The number of furan rings is 1. The molecule has 30 heavy (non-hydrogen) atoms. The van der Waals surface area contributed by atoms with Crippen LogP contribution in [0.1, 0.15) is 28.3 Å². The minimum atomic E-state index is -0.389. The molecule has 152 valence electrons. The van der Waals surface area contributed by atoms with E-state index in [1.807, 2.05) is 0 Å². The largest absolute Gasteiger partial charge is 0.461 e. The quantitative estimate of drug-likeness (QED) is 0.430. The van der Waals surface area contributed by atoms with Gasteiger partial charge in [0.05, 0.1) is 17.7 Å². The fourth-order valence-electron chi connectivity index (χ4n) is 2.87. The van der Waals surface area contributed by atoms with Gasteiger partial charge in [0.1, 0.15) is 16.5 Å². The average molecular weight is 442 g/mol. The summed E-state index contributed by atoms with van der Waals surface area (Å²) in [6.45, 7) is 0. The lowest BCUT2D eigenvalue weighted by Gasteiger charge is -2.09. The first kappa shape index (κ1) is 19.0. The van der Waals surface area contributed by atoms with Crippen molar-refractivity contribution in [2.75, 3.05) is 0 Å². The van der Waals surface area contributed by atoms with Crippen molar-refractivity contribution >= 4 is 29.0 Å². The predicted molar refractivity (Wildman–Crippen MR) is 111 cm³/mol. The van der Waals surface area contributed by atoms with E-state index in [2.05, 4.69) is 20.5 Å². The zero-order valence-corrected chi connectivity index (χ0v) is 17.3. The van der Waals surface area contributed by atoms with Gasteiger partial charge >= 0.3 is 0 Å². The molecule has 1 aromatic carbocycles. The van der Waals surface area contributed by atoms with Crippen molar-refractivity contribution in [1.29, 1.82) is 0 Å². The maximum Gasteiger partial charge on any atom is 0.270 e. The third kappa shape index (κ3) is 3.88. The Labute approximate surface area is 179 Å². The van der Waals surface area contributed by atoms with Gasteiger partial charge in [0.2, 0.25) is 5.82 Å². The summed E-state index contributed by atoms with van der Waals surface area (Å²) in [5.74, 6) is 0.855. The molecule has 5 rings (SSSR count). The van der Waals surface area contributed by atoms with Gasteiger partial charge < -0.3 is 9.73 Å². The zero-order chi connectivity index (χ0) is 20.5. The lowest BCUT2D eigenvalue weighted by Crippen LogP contribution is -2.25. The second-order valence-electron chi connectivity index (χ2n) is 6.73. The molecule has 4 aromatic rings. The molecule has 7 nitrogen and oxygen atoms in total. The molecule has 0 aliphatic heterocycles. The first-order valence-corrected chi connectivity index (χ1v) is 11.2. The summed E-state index contributed by atoms with van der Waals surface area (Å²) in [5, 5.41) is 14.4. The minimum absolute atomic E-state index is 0.139. The average Bonchev–Trinajstić information content (AvgIpc) is 3.18. The second-order valence-corrected chi connectivity index (χ2v) is 8.62. The Morgan fingerprint density at radius 3 is 2.90 bits per heavy atom. The number of carbonyl (C=O) groups excluding carboxylic acids is 1. The van der Waals surface area contributed by atoms with Crippen LogP contribution in [0.4, 0.5) is 4.39 Å². The maximum absolute atomic E-state index is 14.5. The summed E-state index contributed by atoms with van der Waals surface area (Å²) in [5.41, 5.74) is 0.759. The Morgan fingerprint density at radius 1 is 1.27 bits per heavy atom. The molecule has 1 amide bonds. The molecule has 0 spiro atoms. The lowest BCUT2D eigenvalue weighted by molar-refractivity contribution is 0.0946. The summed E-state index contributed by atoms with van der Waals surface area (Å²) >= 11 is 2.78. The number of nitrogens with zero attached hydrogens (tertiary/aromatic N) is 4. The van der Waals surface area contributed by atoms with Gasteiger partial charge in [-0.15, -0.1) is 21.5 Å². The number of hydrogen-bond acceptors (Lipinski definition) is 7. The van der Waals surface area contributed by atoms with Crippen LogP contribution in [-0.4, -0.2) is 31.7 Å². The minimum Gasteiger partial charge on any atom is -0.461 e. The van der Waals surface area contributed by atoms with Crippen molar-refractivity contribution in [2.45, 2.75) is 29.8 Å². The fraction of sp³-hybridized carbons (Fsp3) is 0.200. The van der Waals surface area contributed by atoms with Crippen LogP contribution in [0.3, 0.4) is 0 Å². The number of thiazole rings is 1. The van der Waals surface area contributed by atoms with Crippen LogP contribution in [0, 0.1) is 5.82 Å². The van der Waals surface area contributed by atoms with Crippen molar-refractivity contribution < 1.29 is 13.6 Å². The van der Waals surface area contributed by atoms with Crippen LogP contribution in [-0.2, 0) is 5.75 Å². The summed E-state index contributed by atoms with van der Waals surface area (Å²) in [7, 11) is 0. The SMILES string of the molecule is O=C(NC1CC1)c1csc(CSc2nnc(-c3ccco3)n2-c2ccccc2F)n1. The first-order valence-electron chi connectivity index (χ1n) is 9.31. The van der Waals surface area contributed by atoms with Crippen molar-refractivity contribution in [1.82, 2.24) is 25.1 Å². The summed E-state index contributed by atoms with van der Waals surface area (Å²) < 4.78 is 21.6. The van der Waals surface area contributed by atoms with Gasteiger partial charge in [-0.3, -0.25) is 9.36 Å². The molecule has 3 aromatic heterocycles. The molecular weight excluding hydrogens is 425 g/mol. The molecule has 0 unspecified atom stereocenters. The Bertz CT molecular complexity index is 1180. The van der Waals surface area contributed by atoms with E-state index in [4.69, 9.17) is 4.42 Å². The molecule has 1 saturated carbocycles. The van der Waals surface area contributed by atoms with Gasteiger partial charge in [-0.2, -0.15) is 0 Å². The number of nitrogens with one attached hydrogen (secondary N) is 1. The van der Waals surface area contributed by atoms with Crippen molar-refractivity contribution in [3.05, 3.63) is 64.6 Å². The normalized spacial score (nSPS) is 13.5. The van der Waals surface area contributed by atoms with Gasteiger partial charge in [-0.05, 0) is 37.1 Å². The molecule has 0 saturated heterocycles. The number of aromatic nitrogens is 4. The van der Waals surface area contributed by atoms with E-state index in [0.717, 1.165) is 17.8 Å². The number of para-hydroxylation sites is 1. The van der Waals surface area contributed by atoms with E-state index in [1.165, 1.54) is 35.4 Å². The monoisotopic (exact) mass is 441 g/mol. The zero-order valence-electron chi connectivity index (χ0n) is 15.6. The Balaban J connectivity index is 1.40. The maximum atomic E-state index is 14.5. The topological polar surface area (TPSA) is 85.8 Å². The number of amides is 1. The smallest absolute Gasteiger partial charge is 0.270 e. The van der Waals surface area contributed by atoms with Gasteiger partial charge in [-0.1, -0.05) is 23.9 Å². The number of rotatable bonds is 7. The number of carbonyl (C=O) groups is 1. The molecule has 0 bridgehead atoms. The van der Waals surface area contributed by atoms with Crippen LogP contribution >= 0.6 is 23.1 Å². The van der Waals surface area contributed by atoms with Crippen LogP contribution < -0.4 is 5.32 Å². The van der Waals surface area contributed by atoms with Gasteiger partial charge in [0, 0.05) is 11.4 Å². The van der Waals surface area contributed by atoms with E-state index in [1.54, 1.807) is 40.3 Å². The van der Waals surface area contributed by atoms with Gasteiger partial charge in [-0.25, -0.2) is 9.37 Å². The predicted octanol–water partition coefficient (Wildman–Crippen LogP) is 4.31. The number of benzene rings is 1. The molecule has 1 aliphatic rings. The van der Waals surface area contributed by atoms with E-state index in [0.29, 0.717) is 33.9 Å². The van der Waals surface area contributed by atoms with E-state index >= 15 is 0 Å². The standard InChI is InChI=1S/C20H16FN5O2S2/c21-13-4-1-2-5-15(13)26-18(16-6-3-9-28-16)24-25-20(26)30-11-17-23-14(10-29-17)19(27)22-12-7-8-12/h1-6,9-10,12H,7-8,11H2,(H,22,27). The van der Waals surface area contributed by atoms with Crippen molar-refractivity contribution in [3.63, 3.8) is 0 Å². The molecule has 10 heteroatoms. The third-order valence-corrected chi connectivity index (χ3v) is 6.46. The molecule has 1 N–H and O–H groups in total. The number of halogens is 1. The van der Waals surface area contributed by atoms with Gasteiger partial charge in [0.15, 0.2) is 10.9 Å². The van der Waals surface area contributed by atoms with Crippen LogP contribution in [0.2, 0.25) is 0 Å². The lowest BCUT2D eigenvalue weighted by atomic mass is 10.3. The highest BCUT2D eigenvalue weighted by Gasteiger charge is 2.25. The van der Waals surface area contributed by atoms with Gasteiger partial charge in [0.25, 0.3) is 5.91 Å². The van der Waals surface area contributed by atoms with Crippen molar-refractivity contribution in [3.8, 4) is 17.3 Å². The molecule has 0 atom stereocenters. The third-order valence-electron chi connectivity index (χ3n) is 4.49. The van der Waals surface area contributed by atoms with Crippen LogP contribution in [0.25, 0.3) is 17.3 Å². The Morgan fingerprint density at radius 2 is 2.13 bits per heavy atom. The highest BCUT2D eigenvalue weighted by atomic mass is 32.2. The second kappa shape index (κ2) is 8.04. The molecular formula is C20H16FN5O2S2. The van der Waals surface area contributed by atoms with Crippen LogP contribution in [0.15, 0.2) is 57.6 Å². The molecule has 1 aliphatic carbocycles. The highest BCUT2D eigenvalue weighted by Crippen LogP contribution is 2.31. The fourth-order valence-corrected chi connectivity index (χ4v) is 4.61. The summed E-state index contributed by atoms with van der Waals surface area (Å²) in [6.07, 6.45) is 3.59. The summed E-state index contributed by atoms with van der Waals surface area (Å²) in [4.78, 5) is 16.6. The van der Waals surface area contributed by atoms with E-state index in [9.17, 15) is 9.18 Å². The molecule has 0 radical (unpaired) electrons. The molecule has 3 heterocycles. The summed E-state index contributed by atoms with van der Waals surface area (Å²) in [6, 6.07) is 10.2. The van der Waals surface area contributed by atoms with Crippen LogP contribution in [0.5, 0.6) is 0 Å². The first-order chi connectivity index (χ1) is 14.7. The Kier molecular flexibility index (Phi) is 5.09. The number of hydrogen-bond donors (Lipinski definition) is 1. The number of thioether (sulfide) groups is 1.